The molecule has 0 heterocycles. The Hall–Kier alpha value is -1.30. The van der Waals surface area contributed by atoms with E-state index >= 15 is 0 Å². The molecule has 0 aromatic rings. The number of carbonyl (C=O) groups excluding carboxylic acids is 3. The largest absolute Gasteiger partial charge is 0.466 e. The normalized spacial score (nSPS) is 9.79. The Labute approximate surface area is 117 Å². The van der Waals surface area contributed by atoms with Crippen molar-refractivity contribution in [2.24, 2.45) is 0 Å². The lowest BCUT2D eigenvalue weighted by Gasteiger charge is -2.05. The molecule has 1 N–H and O–H groups in total. The van der Waals surface area contributed by atoms with Gasteiger partial charge in [-0.25, -0.2) is 0 Å². The van der Waals surface area contributed by atoms with Crippen LogP contribution in [0.4, 0.5) is 0 Å². The summed E-state index contributed by atoms with van der Waals surface area (Å²) in [5.41, 5.74) is 0. The first kappa shape index (κ1) is 17.7. The molecular formula is C12H20ClNO5. The van der Waals surface area contributed by atoms with Crippen molar-refractivity contribution in [3.63, 3.8) is 0 Å². The zero-order valence-corrected chi connectivity index (χ0v) is 11.8. The van der Waals surface area contributed by atoms with E-state index < -0.39 is 5.97 Å². The highest BCUT2D eigenvalue weighted by Gasteiger charge is 2.07. The van der Waals surface area contributed by atoms with Gasteiger partial charge in [-0.05, 0) is 13.3 Å². The summed E-state index contributed by atoms with van der Waals surface area (Å²) in [6.45, 7) is 2.47. The van der Waals surface area contributed by atoms with E-state index in [2.05, 4.69) is 5.32 Å². The van der Waals surface area contributed by atoms with Crippen LogP contribution in [0.15, 0.2) is 0 Å². The lowest BCUT2D eigenvalue weighted by atomic mass is 10.2. The minimum Gasteiger partial charge on any atom is -0.466 e. The zero-order chi connectivity index (χ0) is 14.5. The van der Waals surface area contributed by atoms with Crippen molar-refractivity contribution in [2.75, 3.05) is 25.6 Å². The molecule has 0 aromatic carbocycles. The smallest absolute Gasteiger partial charge is 0.307 e. The van der Waals surface area contributed by atoms with Crippen LogP contribution in [0.5, 0.6) is 0 Å². The molecule has 19 heavy (non-hydrogen) atoms. The van der Waals surface area contributed by atoms with E-state index in [-0.39, 0.29) is 50.2 Å². The third-order valence-corrected chi connectivity index (χ3v) is 2.24. The Balaban J connectivity index is 3.49. The van der Waals surface area contributed by atoms with Crippen LogP contribution >= 0.6 is 11.6 Å². The number of carbonyl (C=O) groups is 3. The predicted molar refractivity (Wildman–Crippen MR) is 69.8 cm³/mol. The van der Waals surface area contributed by atoms with Gasteiger partial charge in [0, 0.05) is 19.4 Å². The molecule has 0 saturated carbocycles. The van der Waals surface area contributed by atoms with Crippen LogP contribution in [-0.4, -0.2) is 43.5 Å². The molecule has 0 spiro atoms. The second kappa shape index (κ2) is 11.8. The molecule has 0 aliphatic heterocycles. The Bertz CT molecular complexity index is 296. The van der Waals surface area contributed by atoms with Crippen LogP contribution in [0.3, 0.4) is 0 Å². The summed E-state index contributed by atoms with van der Waals surface area (Å²) in [7, 11) is 0. The Morgan fingerprint density at radius 3 is 2.37 bits per heavy atom. The van der Waals surface area contributed by atoms with E-state index in [1.165, 1.54) is 0 Å². The van der Waals surface area contributed by atoms with Crippen molar-refractivity contribution in [1.29, 1.82) is 0 Å². The summed E-state index contributed by atoms with van der Waals surface area (Å²) < 4.78 is 9.46. The summed E-state index contributed by atoms with van der Waals surface area (Å²) >= 11 is 5.35. The molecule has 0 aliphatic carbocycles. The number of nitrogens with one attached hydrogen (secondary N) is 1. The van der Waals surface area contributed by atoms with E-state index in [4.69, 9.17) is 21.1 Å². The SMILES string of the molecule is CCOC(=O)CCCC(=O)NCCC(=O)OCCCl. The summed E-state index contributed by atoms with van der Waals surface area (Å²) in [6.07, 6.45) is 0.996. The zero-order valence-electron chi connectivity index (χ0n) is 11.1. The number of rotatable bonds is 10. The van der Waals surface area contributed by atoms with Crippen LogP contribution in [0.2, 0.25) is 0 Å². The standard InChI is InChI=1S/C12H20ClNO5/c1-2-18-11(16)5-3-4-10(15)14-8-6-12(17)19-9-7-13/h2-9H2,1H3,(H,14,15). The van der Waals surface area contributed by atoms with Crippen molar-refractivity contribution in [3.8, 4) is 0 Å². The molecule has 0 aliphatic rings. The van der Waals surface area contributed by atoms with E-state index in [0.717, 1.165) is 0 Å². The van der Waals surface area contributed by atoms with Crippen molar-refractivity contribution in [3.05, 3.63) is 0 Å². The quantitative estimate of drug-likeness (QED) is 0.480. The highest BCUT2D eigenvalue weighted by atomic mass is 35.5. The van der Waals surface area contributed by atoms with Gasteiger partial charge in [-0.2, -0.15) is 0 Å². The van der Waals surface area contributed by atoms with Crippen LogP contribution in [0.1, 0.15) is 32.6 Å². The van der Waals surface area contributed by atoms with Crippen LogP contribution in [0.25, 0.3) is 0 Å². The van der Waals surface area contributed by atoms with E-state index in [1.54, 1.807) is 6.92 Å². The van der Waals surface area contributed by atoms with Crippen LogP contribution < -0.4 is 5.32 Å². The van der Waals surface area contributed by atoms with Gasteiger partial charge in [0.25, 0.3) is 0 Å². The highest BCUT2D eigenvalue weighted by molar-refractivity contribution is 6.18. The lowest BCUT2D eigenvalue weighted by Crippen LogP contribution is -2.26. The summed E-state index contributed by atoms with van der Waals surface area (Å²) in [6, 6.07) is 0. The average molecular weight is 294 g/mol. The van der Waals surface area contributed by atoms with Gasteiger partial charge < -0.3 is 14.8 Å². The molecular weight excluding hydrogens is 274 g/mol. The lowest BCUT2D eigenvalue weighted by molar-refractivity contribution is -0.143. The second-order valence-corrected chi connectivity index (χ2v) is 4.05. The first-order valence-corrected chi connectivity index (χ1v) is 6.77. The van der Waals surface area contributed by atoms with Gasteiger partial charge in [0.2, 0.25) is 5.91 Å². The Kier molecular flexibility index (Phi) is 11.0. The maximum atomic E-state index is 11.3. The fourth-order valence-electron chi connectivity index (χ4n) is 1.24. The summed E-state index contributed by atoms with van der Waals surface area (Å²) in [4.78, 5) is 33.4. The number of esters is 2. The Morgan fingerprint density at radius 2 is 1.74 bits per heavy atom. The van der Waals surface area contributed by atoms with Crippen molar-refractivity contribution < 1.29 is 23.9 Å². The number of ether oxygens (including phenoxy) is 2. The van der Waals surface area contributed by atoms with Gasteiger partial charge in [0.05, 0.1) is 18.9 Å². The molecule has 7 heteroatoms. The predicted octanol–water partition coefficient (Wildman–Crippen LogP) is 1.01. The molecule has 110 valence electrons. The van der Waals surface area contributed by atoms with Gasteiger partial charge in [-0.15, -0.1) is 11.6 Å². The van der Waals surface area contributed by atoms with E-state index in [1.807, 2.05) is 0 Å². The molecule has 0 fully saturated rings. The third-order valence-electron chi connectivity index (χ3n) is 2.08. The highest BCUT2D eigenvalue weighted by Crippen LogP contribution is 1.98. The van der Waals surface area contributed by atoms with Gasteiger partial charge in [-0.3, -0.25) is 14.4 Å². The molecule has 0 unspecified atom stereocenters. The van der Waals surface area contributed by atoms with Crippen LogP contribution in [0, 0.1) is 0 Å². The molecule has 0 atom stereocenters. The maximum absolute atomic E-state index is 11.3. The maximum Gasteiger partial charge on any atom is 0.307 e. The molecule has 0 bridgehead atoms. The molecule has 0 saturated heterocycles. The van der Waals surface area contributed by atoms with Gasteiger partial charge >= 0.3 is 11.9 Å². The van der Waals surface area contributed by atoms with E-state index in [0.29, 0.717) is 13.0 Å². The molecule has 6 nitrogen and oxygen atoms in total. The topological polar surface area (TPSA) is 81.7 Å². The number of hydrogen-bond donors (Lipinski definition) is 1. The Morgan fingerprint density at radius 1 is 1.05 bits per heavy atom. The summed E-state index contributed by atoms with van der Waals surface area (Å²) in [5, 5.41) is 2.57. The van der Waals surface area contributed by atoms with Gasteiger partial charge in [0.15, 0.2) is 0 Å². The number of amides is 1. The fourth-order valence-corrected chi connectivity index (χ4v) is 1.32. The second-order valence-electron chi connectivity index (χ2n) is 3.67. The number of alkyl halides is 1. The number of hydrogen-bond acceptors (Lipinski definition) is 5. The first-order valence-electron chi connectivity index (χ1n) is 6.24. The third kappa shape index (κ3) is 11.5. The summed E-state index contributed by atoms with van der Waals surface area (Å²) in [5.74, 6) is -0.645. The fraction of sp³-hybridized carbons (Fsp3) is 0.750. The van der Waals surface area contributed by atoms with Crippen molar-refractivity contribution in [1.82, 2.24) is 5.32 Å². The monoisotopic (exact) mass is 293 g/mol. The van der Waals surface area contributed by atoms with Crippen molar-refractivity contribution >= 4 is 29.4 Å². The number of halogens is 1. The van der Waals surface area contributed by atoms with Gasteiger partial charge in [-0.1, -0.05) is 0 Å². The minimum absolute atomic E-state index is 0.112. The van der Waals surface area contributed by atoms with Crippen LogP contribution in [-0.2, 0) is 23.9 Å². The minimum atomic E-state index is -0.396. The molecule has 1 amide bonds. The molecule has 0 radical (unpaired) electrons. The molecule has 0 rings (SSSR count). The van der Waals surface area contributed by atoms with E-state index in [9.17, 15) is 14.4 Å². The first-order chi connectivity index (χ1) is 9.10. The van der Waals surface area contributed by atoms with Crippen molar-refractivity contribution in [2.45, 2.75) is 32.6 Å². The van der Waals surface area contributed by atoms with Gasteiger partial charge in [0.1, 0.15) is 6.61 Å². The average Bonchev–Trinajstić information content (AvgIpc) is 2.36. The molecule has 0 aromatic heterocycles.